The van der Waals surface area contributed by atoms with Gasteiger partial charge in [-0.05, 0) is 31.4 Å². The molecule has 0 radical (unpaired) electrons. The number of aromatic nitrogens is 1. The van der Waals surface area contributed by atoms with E-state index in [-0.39, 0.29) is 18.1 Å². The summed E-state index contributed by atoms with van der Waals surface area (Å²) in [4.78, 5) is 19.1. The van der Waals surface area contributed by atoms with E-state index >= 15 is 0 Å². The van der Waals surface area contributed by atoms with Crippen molar-refractivity contribution in [1.29, 1.82) is 0 Å². The van der Waals surface area contributed by atoms with Crippen molar-refractivity contribution in [2.75, 3.05) is 6.54 Å². The largest absolute Gasteiger partial charge is 0.467 e. The Bertz CT molecular complexity index is 659. The molecule has 0 aliphatic carbocycles. The van der Waals surface area contributed by atoms with Crippen molar-refractivity contribution < 1.29 is 13.9 Å². The molecule has 2 aromatic rings. The Morgan fingerprint density at radius 3 is 3.17 bits per heavy atom. The zero-order valence-corrected chi connectivity index (χ0v) is 14.2. The molecule has 2 aromatic heterocycles. The van der Waals surface area contributed by atoms with Gasteiger partial charge in [-0.25, -0.2) is 4.98 Å². The number of furan rings is 1. The molecule has 1 N–H and O–H groups in total. The van der Waals surface area contributed by atoms with Gasteiger partial charge in [-0.3, -0.25) is 9.69 Å². The number of rotatable bonds is 5. The van der Waals surface area contributed by atoms with Crippen molar-refractivity contribution in [3.63, 3.8) is 0 Å². The Morgan fingerprint density at radius 2 is 2.38 bits per heavy atom. The number of hydrogen-bond acceptors (Lipinski definition) is 6. The number of ether oxygens (including phenoxy) is 1. The van der Waals surface area contributed by atoms with Crippen LogP contribution in [0.3, 0.4) is 0 Å². The number of nitrogens with one attached hydrogen (secondary N) is 1. The molecule has 2 saturated heterocycles. The second kappa shape index (κ2) is 7.04. The van der Waals surface area contributed by atoms with Gasteiger partial charge in [0.25, 0.3) is 0 Å². The Morgan fingerprint density at radius 1 is 1.42 bits per heavy atom. The number of hydrogen-bond donors (Lipinski definition) is 1. The predicted octanol–water partition coefficient (Wildman–Crippen LogP) is 2.17. The molecule has 0 unspecified atom stereocenters. The first kappa shape index (κ1) is 15.8. The van der Waals surface area contributed by atoms with Crippen molar-refractivity contribution in [2.24, 2.45) is 0 Å². The lowest BCUT2D eigenvalue weighted by molar-refractivity contribution is -0.144. The molecule has 7 heteroatoms. The number of amides is 1. The van der Waals surface area contributed by atoms with Gasteiger partial charge in [0.15, 0.2) is 0 Å². The molecule has 24 heavy (non-hydrogen) atoms. The molecule has 4 rings (SSSR count). The van der Waals surface area contributed by atoms with E-state index in [1.165, 1.54) is 0 Å². The molecular weight excluding hydrogens is 326 g/mol. The monoisotopic (exact) mass is 347 g/mol. The van der Waals surface area contributed by atoms with Gasteiger partial charge in [0.2, 0.25) is 5.91 Å². The van der Waals surface area contributed by atoms with Crippen LogP contribution in [-0.2, 0) is 22.6 Å². The summed E-state index contributed by atoms with van der Waals surface area (Å²) in [7, 11) is 0. The van der Waals surface area contributed by atoms with Crippen LogP contribution in [-0.4, -0.2) is 40.6 Å². The average molecular weight is 347 g/mol. The van der Waals surface area contributed by atoms with Crippen LogP contribution in [0.4, 0.5) is 0 Å². The Labute approximate surface area is 144 Å². The maximum Gasteiger partial charge on any atom is 0.249 e. The third-order valence-corrected chi connectivity index (χ3v) is 5.56. The minimum atomic E-state index is -0.346. The maximum atomic E-state index is 12.3. The van der Waals surface area contributed by atoms with E-state index in [0.717, 1.165) is 43.1 Å². The van der Waals surface area contributed by atoms with E-state index in [9.17, 15) is 4.79 Å². The van der Waals surface area contributed by atoms with Gasteiger partial charge in [0, 0.05) is 24.2 Å². The van der Waals surface area contributed by atoms with Crippen LogP contribution in [0.5, 0.6) is 0 Å². The van der Waals surface area contributed by atoms with Gasteiger partial charge in [0.1, 0.15) is 16.9 Å². The van der Waals surface area contributed by atoms with E-state index in [4.69, 9.17) is 9.15 Å². The van der Waals surface area contributed by atoms with Gasteiger partial charge in [-0.15, -0.1) is 11.3 Å². The number of thiazole rings is 1. The lowest BCUT2D eigenvalue weighted by Gasteiger charge is -2.35. The van der Waals surface area contributed by atoms with Gasteiger partial charge >= 0.3 is 0 Å². The first-order chi connectivity index (χ1) is 11.8. The van der Waals surface area contributed by atoms with Crippen LogP contribution in [0, 0.1) is 0 Å². The summed E-state index contributed by atoms with van der Waals surface area (Å²) in [5, 5.41) is 6.06. The van der Waals surface area contributed by atoms with Crippen LogP contribution in [0.15, 0.2) is 34.4 Å². The molecule has 0 spiro atoms. The summed E-state index contributed by atoms with van der Waals surface area (Å²) >= 11 is 1.69. The van der Waals surface area contributed by atoms with Gasteiger partial charge in [-0.1, -0.05) is 0 Å². The highest BCUT2D eigenvalue weighted by Crippen LogP contribution is 2.32. The summed E-state index contributed by atoms with van der Waals surface area (Å²) in [6.45, 7) is 2.31. The van der Waals surface area contributed by atoms with Gasteiger partial charge in [-0.2, -0.15) is 0 Å². The van der Waals surface area contributed by atoms with Crippen molar-refractivity contribution in [3.8, 4) is 0 Å². The molecule has 3 atom stereocenters. The molecule has 2 aliphatic heterocycles. The number of likely N-dealkylation sites (tertiary alicyclic amines) is 1. The SMILES string of the molecule is O=C(NCc1ccco1)[C@@H]1CC[C@H]2[C@H](CCN2Cc2nccs2)O1. The second-order valence-corrected chi connectivity index (χ2v) is 7.27. The third kappa shape index (κ3) is 3.38. The standard InChI is InChI=1S/C17H21N3O3S/c21-17(19-10-12-2-1-8-22-12)15-4-3-13-14(23-15)5-7-20(13)11-16-18-6-9-24-16/h1-2,6,8-9,13-15H,3-5,7,10-11H2,(H,19,21)/t13-,14-,15-/m0/s1. The smallest absolute Gasteiger partial charge is 0.249 e. The molecule has 2 fully saturated rings. The van der Waals surface area contributed by atoms with E-state index < -0.39 is 0 Å². The van der Waals surface area contributed by atoms with Gasteiger partial charge < -0.3 is 14.5 Å². The van der Waals surface area contributed by atoms with Crippen molar-refractivity contribution in [1.82, 2.24) is 15.2 Å². The molecule has 4 heterocycles. The molecule has 128 valence electrons. The fourth-order valence-electron chi connectivity index (χ4n) is 3.61. The van der Waals surface area contributed by atoms with Crippen molar-refractivity contribution >= 4 is 17.2 Å². The summed E-state index contributed by atoms with van der Waals surface area (Å²) in [6.07, 6.45) is 6.01. The second-order valence-electron chi connectivity index (χ2n) is 6.29. The topological polar surface area (TPSA) is 67.6 Å². The zero-order chi connectivity index (χ0) is 16.4. The summed E-state index contributed by atoms with van der Waals surface area (Å²) in [5.74, 6) is 0.718. The lowest BCUT2D eigenvalue weighted by atomic mass is 9.98. The lowest BCUT2D eigenvalue weighted by Crippen LogP contribution is -2.47. The van der Waals surface area contributed by atoms with E-state index in [0.29, 0.717) is 12.6 Å². The first-order valence-electron chi connectivity index (χ1n) is 8.37. The molecular formula is C17H21N3O3S. The Balaban J connectivity index is 1.29. The van der Waals surface area contributed by atoms with Gasteiger partial charge in [0.05, 0.1) is 25.5 Å². The van der Waals surface area contributed by atoms with E-state index in [1.54, 1.807) is 17.6 Å². The highest BCUT2D eigenvalue weighted by Gasteiger charge is 2.41. The fourth-order valence-corrected chi connectivity index (χ4v) is 4.25. The summed E-state index contributed by atoms with van der Waals surface area (Å²) in [6, 6.07) is 4.08. The maximum absolute atomic E-state index is 12.3. The zero-order valence-electron chi connectivity index (χ0n) is 13.4. The minimum Gasteiger partial charge on any atom is -0.467 e. The number of carbonyl (C=O) groups is 1. The molecule has 1 amide bonds. The normalized spacial score (nSPS) is 27.1. The summed E-state index contributed by atoms with van der Waals surface area (Å²) < 4.78 is 11.3. The molecule has 0 bridgehead atoms. The first-order valence-corrected chi connectivity index (χ1v) is 9.25. The quantitative estimate of drug-likeness (QED) is 0.898. The number of carbonyl (C=O) groups excluding carboxylic acids is 1. The third-order valence-electron chi connectivity index (χ3n) is 4.79. The molecule has 0 saturated carbocycles. The van der Waals surface area contributed by atoms with Crippen LogP contribution in [0.2, 0.25) is 0 Å². The van der Waals surface area contributed by atoms with E-state index in [2.05, 4.69) is 15.2 Å². The number of nitrogens with zero attached hydrogens (tertiary/aromatic N) is 2. The Hall–Kier alpha value is -1.70. The number of fused-ring (bicyclic) bond motifs is 1. The van der Waals surface area contributed by atoms with Crippen LogP contribution >= 0.6 is 11.3 Å². The van der Waals surface area contributed by atoms with E-state index in [1.807, 2.05) is 23.7 Å². The highest BCUT2D eigenvalue weighted by atomic mass is 32.1. The fraction of sp³-hybridized carbons (Fsp3) is 0.529. The van der Waals surface area contributed by atoms with Crippen LogP contribution in [0.25, 0.3) is 0 Å². The van der Waals surface area contributed by atoms with Crippen LogP contribution in [0.1, 0.15) is 30.0 Å². The molecule has 6 nitrogen and oxygen atoms in total. The highest BCUT2D eigenvalue weighted by molar-refractivity contribution is 7.09. The summed E-state index contributed by atoms with van der Waals surface area (Å²) in [5.41, 5.74) is 0. The van der Waals surface area contributed by atoms with Crippen molar-refractivity contribution in [2.45, 2.75) is 50.6 Å². The average Bonchev–Trinajstić information content (AvgIpc) is 3.35. The molecule has 2 aliphatic rings. The van der Waals surface area contributed by atoms with Crippen molar-refractivity contribution in [3.05, 3.63) is 40.7 Å². The minimum absolute atomic E-state index is 0.0387. The van der Waals surface area contributed by atoms with Crippen LogP contribution < -0.4 is 5.32 Å². The predicted molar refractivity (Wildman–Crippen MR) is 89.4 cm³/mol. The molecule has 0 aromatic carbocycles. The Kier molecular flexibility index (Phi) is 4.64.